The van der Waals surface area contributed by atoms with Crippen molar-refractivity contribution in [3.8, 4) is 5.75 Å². The second-order valence-electron chi connectivity index (χ2n) is 4.50. The summed E-state index contributed by atoms with van der Waals surface area (Å²) in [7, 11) is 0. The predicted octanol–water partition coefficient (Wildman–Crippen LogP) is 2.91. The lowest BCUT2D eigenvalue weighted by atomic mass is 10.1. The molecule has 1 aliphatic rings. The van der Waals surface area contributed by atoms with Gasteiger partial charge >= 0.3 is 0 Å². The van der Waals surface area contributed by atoms with E-state index in [4.69, 9.17) is 0 Å². The number of phenolic OH excluding ortho intramolecular Hbond substituents is 1. The summed E-state index contributed by atoms with van der Waals surface area (Å²) < 4.78 is 13.1. The van der Waals surface area contributed by atoms with Crippen molar-refractivity contribution in [1.82, 2.24) is 5.32 Å². The van der Waals surface area contributed by atoms with Gasteiger partial charge in [-0.2, -0.15) is 11.8 Å². The molecule has 0 radical (unpaired) electrons. The molecule has 1 aliphatic carbocycles. The number of hydrogen-bond acceptors (Lipinski definition) is 3. The van der Waals surface area contributed by atoms with Crippen LogP contribution in [0.5, 0.6) is 5.75 Å². The number of thioether (sulfide) groups is 1. The summed E-state index contributed by atoms with van der Waals surface area (Å²) in [5.74, 6) is -0.767. The Morgan fingerprint density at radius 2 is 2.29 bits per heavy atom. The summed E-state index contributed by atoms with van der Waals surface area (Å²) in [5, 5.41) is 13.7. The normalized spacial score (nSPS) is 24.1. The fraction of sp³-hybridized carbons (Fsp3) is 0.538. The number of rotatable bonds is 4. The second-order valence-corrected chi connectivity index (χ2v) is 5.63. The van der Waals surface area contributed by atoms with Crippen LogP contribution in [0.4, 0.5) is 4.39 Å². The van der Waals surface area contributed by atoms with Crippen molar-refractivity contribution in [2.24, 2.45) is 0 Å². The van der Waals surface area contributed by atoms with Gasteiger partial charge in [0.2, 0.25) is 0 Å². The second kappa shape index (κ2) is 5.74. The lowest BCUT2D eigenvalue weighted by molar-refractivity contribution is 0.419. The molecule has 0 amide bonds. The Labute approximate surface area is 106 Å². The van der Waals surface area contributed by atoms with E-state index in [0.717, 1.165) is 11.7 Å². The first-order valence-corrected chi connectivity index (χ1v) is 7.22. The van der Waals surface area contributed by atoms with Gasteiger partial charge < -0.3 is 10.4 Å². The molecule has 0 bridgehead atoms. The molecule has 2 atom stereocenters. The molecule has 17 heavy (non-hydrogen) atoms. The van der Waals surface area contributed by atoms with Crippen molar-refractivity contribution >= 4 is 11.8 Å². The van der Waals surface area contributed by atoms with Crippen LogP contribution in [0.15, 0.2) is 18.2 Å². The van der Waals surface area contributed by atoms with Crippen LogP contribution in [0.2, 0.25) is 0 Å². The van der Waals surface area contributed by atoms with Crippen molar-refractivity contribution in [2.45, 2.75) is 37.1 Å². The van der Waals surface area contributed by atoms with E-state index in [1.54, 1.807) is 12.1 Å². The van der Waals surface area contributed by atoms with Crippen LogP contribution in [-0.4, -0.2) is 22.7 Å². The molecule has 0 spiro atoms. The maximum atomic E-state index is 13.1. The third-order valence-electron chi connectivity index (χ3n) is 3.37. The summed E-state index contributed by atoms with van der Waals surface area (Å²) in [5.41, 5.74) is 0.637. The standard InChI is InChI=1S/C13H18FNOS/c1-17-11-6-5-10(7-11)15-8-9-3-2-4-12(14)13(9)16/h2-4,10-11,15-16H,5-8H2,1H3. The molecule has 2 N–H and O–H groups in total. The molecule has 1 aromatic carbocycles. The molecule has 2 rings (SSSR count). The summed E-state index contributed by atoms with van der Waals surface area (Å²) >= 11 is 1.91. The van der Waals surface area contributed by atoms with Crippen molar-refractivity contribution in [2.75, 3.05) is 6.26 Å². The maximum absolute atomic E-state index is 13.1. The molecular weight excluding hydrogens is 237 g/mol. The van der Waals surface area contributed by atoms with E-state index >= 15 is 0 Å². The zero-order valence-electron chi connectivity index (χ0n) is 9.95. The van der Waals surface area contributed by atoms with Crippen LogP contribution in [0.1, 0.15) is 24.8 Å². The van der Waals surface area contributed by atoms with E-state index < -0.39 is 5.82 Å². The number of hydrogen-bond donors (Lipinski definition) is 2. The fourth-order valence-electron chi connectivity index (χ4n) is 2.30. The van der Waals surface area contributed by atoms with Crippen LogP contribution in [0.25, 0.3) is 0 Å². The van der Waals surface area contributed by atoms with Gasteiger partial charge in [-0.25, -0.2) is 4.39 Å². The third kappa shape index (κ3) is 3.13. The van der Waals surface area contributed by atoms with Gasteiger partial charge in [-0.1, -0.05) is 12.1 Å². The number of halogens is 1. The van der Waals surface area contributed by atoms with E-state index in [2.05, 4.69) is 11.6 Å². The van der Waals surface area contributed by atoms with E-state index in [0.29, 0.717) is 18.2 Å². The van der Waals surface area contributed by atoms with Crippen LogP contribution >= 0.6 is 11.8 Å². The quantitative estimate of drug-likeness (QED) is 0.867. The van der Waals surface area contributed by atoms with Crippen LogP contribution in [0, 0.1) is 5.82 Å². The average molecular weight is 255 g/mol. The third-order valence-corrected chi connectivity index (χ3v) is 4.46. The Hall–Kier alpha value is -0.740. The van der Waals surface area contributed by atoms with Crippen molar-refractivity contribution in [3.63, 3.8) is 0 Å². The average Bonchev–Trinajstić information content (AvgIpc) is 2.79. The Morgan fingerprint density at radius 1 is 1.47 bits per heavy atom. The Balaban J connectivity index is 1.88. The first kappa shape index (κ1) is 12.7. The predicted molar refractivity (Wildman–Crippen MR) is 69.8 cm³/mol. The fourth-order valence-corrected chi connectivity index (χ4v) is 3.09. The zero-order chi connectivity index (χ0) is 12.3. The molecule has 0 aliphatic heterocycles. The monoisotopic (exact) mass is 255 g/mol. The summed E-state index contributed by atoms with van der Waals surface area (Å²) in [6, 6.07) is 5.16. The zero-order valence-corrected chi connectivity index (χ0v) is 10.8. The van der Waals surface area contributed by atoms with Gasteiger partial charge in [0.05, 0.1) is 0 Å². The number of benzene rings is 1. The smallest absolute Gasteiger partial charge is 0.165 e. The van der Waals surface area contributed by atoms with Crippen molar-refractivity contribution in [1.29, 1.82) is 0 Å². The topological polar surface area (TPSA) is 32.3 Å². The van der Waals surface area contributed by atoms with Gasteiger partial charge in [-0.15, -0.1) is 0 Å². The van der Waals surface area contributed by atoms with Gasteiger partial charge in [0.25, 0.3) is 0 Å². The first-order chi connectivity index (χ1) is 8.20. The summed E-state index contributed by atoms with van der Waals surface area (Å²) in [6.45, 7) is 0.537. The molecule has 1 aromatic rings. The molecule has 0 saturated heterocycles. The minimum Gasteiger partial charge on any atom is -0.505 e. The molecular formula is C13H18FNOS. The highest BCUT2D eigenvalue weighted by Crippen LogP contribution is 2.29. The van der Waals surface area contributed by atoms with Gasteiger partial charge in [0.15, 0.2) is 11.6 Å². The Bertz CT molecular complexity index is 386. The van der Waals surface area contributed by atoms with Gasteiger partial charge in [0, 0.05) is 23.4 Å². The highest BCUT2D eigenvalue weighted by Gasteiger charge is 2.23. The van der Waals surface area contributed by atoms with E-state index in [1.165, 1.54) is 18.9 Å². The van der Waals surface area contributed by atoms with E-state index in [1.807, 2.05) is 11.8 Å². The molecule has 94 valence electrons. The van der Waals surface area contributed by atoms with Gasteiger partial charge in [0.1, 0.15) is 0 Å². The number of nitrogens with one attached hydrogen (secondary N) is 1. The lowest BCUT2D eigenvalue weighted by Gasteiger charge is -2.13. The maximum Gasteiger partial charge on any atom is 0.165 e. The number of aromatic hydroxyl groups is 1. The molecule has 0 heterocycles. The Morgan fingerprint density at radius 3 is 3.00 bits per heavy atom. The molecule has 2 nitrogen and oxygen atoms in total. The first-order valence-electron chi connectivity index (χ1n) is 5.93. The molecule has 2 unspecified atom stereocenters. The highest BCUT2D eigenvalue weighted by atomic mass is 32.2. The SMILES string of the molecule is CSC1CCC(NCc2cccc(F)c2O)C1. The molecule has 4 heteroatoms. The van der Waals surface area contributed by atoms with Crippen molar-refractivity contribution in [3.05, 3.63) is 29.6 Å². The molecule has 0 aromatic heterocycles. The number of phenols is 1. The molecule has 1 fully saturated rings. The van der Waals surface area contributed by atoms with Gasteiger partial charge in [-0.05, 0) is 31.6 Å². The summed E-state index contributed by atoms with van der Waals surface area (Å²) in [4.78, 5) is 0. The largest absolute Gasteiger partial charge is 0.505 e. The minimum absolute atomic E-state index is 0.223. The highest BCUT2D eigenvalue weighted by molar-refractivity contribution is 7.99. The van der Waals surface area contributed by atoms with Gasteiger partial charge in [-0.3, -0.25) is 0 Å². The molecule has 1 saturated carbocycles. The van der Waals surface area contributed by atoms with E-state index in [9.17, 15) is 9.50 Å². The van der Waals surface area contributed by atoms with Crippen LogP contribution in [0.3, 0.4) is 0 Å². The number of para-hydroxylation sites is 1. The van der Waals surface area contributed by atoms with Crippen molar-refractivity contribution < 1.29 is 9.50 Å². The lowest BCUT2D eigenvalue weighted by Crippen LogP contribution is -2.26. The minimum atomic E-state index is -0.544. The summed E-state index contributed by atoms with van der Waals surface area (Å²) in [6.07, 6.45) is 5.72. The van der Waals surface area contributed by atoms with Crippen LogP contribution in [-0.2, 0) is 6.54 Å². The van der Waals surface area contributed by atoms with E-state index in [-0.39, 0.29) is 5.75 Å². The van der Waals surface area contributed by atoms with Crippen LogP contribution < -0.4 is 5.32 Å². The Kier molecular flexibility index (Phi) is 4.29.